The van der Waals surface area contributed by atoms with Crippen molar-refractivity contribution in [3.05, 3.63) is 52.4 Å². The number of nitrogens with zero attached hydrogens (tertiary/aromatic N) is 1. The minimum atomic E-state index is -4.73. The molecule has 0 amide bonds. The molecule has 0 aliphatic heterocycles. The van der Waals surface area contributed by atoms with Crippen molar-refractivity contribution < 1.29 is 36.8 Å². The third-order valence-electron chi connectivity index (χ3n) is 4.07. The summed E-state index contributed by atoms with van der Waals surface area (Å²) in [6.45, 7) is 4.70. The van der Waals surface area contributed by atoms with Crippen molar-refractivity contribution >= 4 is 11.9 Å². The summed E-state index contributed by atoms with van der Waals surface area (Å²) in [6, 6.07) is 4.36. The van der Waals surface area contributed by atoms with Gasteiger partial charge in [0.2, 0.25) is 6.10 Å². The minimum Gasteiger partial charge on any atom is -0.466 e. The first-order chi connectivity index (χ1) is 12.6. The molecule has 0 radical (unpaired) electrons. The number of aromatic nitrogens is 1. The van der Waals surface area contributed by atoms with Gasteiger partial charge in [0.15, 0.2) is 0 Å². The molecule has 2 aromatic rings. The van der Waals surface area contributed by atoms with Crippen molar-refractivity contribution in [1.29, 1.82) is 0 Å². The molecule has 0 fully saturated rings. The van der Waals surface area contributed by atoms with E-state index < -0.39 is 41.3 Å². The highest BCUT2D eigenvalue weighted by Gasteiger charge is 2.39. The fourth-order valence-electron chi connectivity index (χ4n) is 2.77. The van der Waals surface area contributed by atoms with Gasteiger partial charge in [0.25, 0.3) is 0 Å². The van der Waals surface area contributed by atoms with Crippen LogP contribution in [-0.4, -0.2) is 24.2 Å². The largest absolute Gasteiger partial charge is 0.466 e. The standard InChI is InChI=1S/C18H18F3NO5/c1-9(14-10(2)22-27-11(14)3)16(23)26-15(17(24)25-4)12-7-5-6-8-13(12)18(19,20)21/h5-9,15H,1-4H3. The lowest BCUT2D eigenvalue weighted by Gasteiger charge is -2.21. The maximum Gasteiger partial charge on any atom is 0.416 e. The predicted octanol–water partition coefficient (Wildman–Crippen LogP) is 3.87. The number of halogens is 3. The number of hydrogen-bond acceptors (Lipinski definition) is 6. The van der Waals surface area contributed by atoms with E-state index in [1.807, 2.05) is 0 Å². The van der Waals surface area contributed by atoms with E-state index in [9.17, 15) is 22.8 Å². The van der Waals surface area contributed by atoms with Gasteiger partial charge in [0.05, 0.1) is 24.3 Å². The number of ether oxygens (including phenoxy) is 2. The summed E-state index contributed by atoms with van der Waals surface area (Å²) in [7, 11) is 0.997. The third kappa shape index (κ3) is 4.29. The van der Waals surface area contributed by atoms with E-state index in [1.54, 1.807) is 13.8 Å². The fraction of sp³-hybridized carbons (Fsp3) is 0.389. The zero-order valence-corrected chi connectivity index (χ0v) is 15.1. The van der Waals surface area contributed by atoms with E-state index in [0.29, 0.717) is 17.0 Å². The molecule has 6 nitrogen and oxygen atoms in total. The van der Waals surface area contributed by atoms with Gasteiger partial charge >= 0.3 is 18.1 Å². The Labute approximate surface area is 153 Å². The Bertz CT molecular complexity index is 824. The lowest BCUT2D eigenvalue weighted by Crippen LogP contribution is -2.26. The summed E-state index contributed by atoms with van der Waals surface area (Å²) in [6.07, 6.45) is -6.59. The van der Waals surface area contributed by atoms with Gasteiger partial charge in [-0.15, -0.1) is 0 Å². The number of carbonyl (C=O) groups is 2. The van der Waals surface area contributed by atoms with Crippen LogP contribution in [0.15, 0.2) is 28.8 Å². The van der Waals surface area contributed by atoms with Crippen molar-refractivity contribution in [1.82, 2.24) is 5.16 Å². The maximum atomic E-state index is 13.3. The summed E-state index contributed by atoms with van der Waals surface area (Å²) in [4.78, 5) is 24.6. The zero-order valence-electron chi connectivity index (χ0n) is 15.1. The first kappa shape index (κ1) is 20.5. The Kier molecular flexibility index (Phi) is 5.92. The SMILES string of the molecule is COC(=O)C(OC(=O)C(C)c1c(C)noc1C)c1ccccc1C(F)(F)F. The van der Waals surface area contributed by atoms with Crippen LogP contribution in [0.2, 0.25) is 0 Å². The average molecular weight is 385 g/mol. The highest BCUT2D eigenvalue weighted by atomic mass is 19.4. The number of rotatable bonds is 5. The quantitative estimate of drug-likeness (QED) is 0.727. The number of alkyl halides is 3. The number of hydrogen-bond donors (Lipinski definition) is 0. The average Bonchev–Trinajstić information content (AvgIpc) is 2.95. The second-order valence-corrected chi connectivity index (χ2v) is 5.88. The molecule has 0 saturated heterocycles. The number of methoxy groups -OCH3 is 1. The fourth-order valence-corrected chi connectivity index (χ4v) is 2.77. The van der Waals surface area contributed by atoms with E-state index in [0.717, 1.165) is 19.2 Å². The molecule has 0 bridgehead atoms. The molecule has 2 atom stereocenters. The topological polar surface area (TPSA) is 78.6 Å². The van der Waals surface area contributed by atoms with Crippen LogP contribution in [0.3, 0.4) is 0 Å². The van der Waals surface area contributed by atoms with Crippen molar-refractivity contribution in [2.24, 2.45) is 0 Å². The smallest absolute Gasteiger partial charge is 0.416 e. The lowest BCUT2D eigenvalue weighted by molar-refractivity contribution is -0.169. The van der Waals surface area contributed by atoms with Gasteiger partial charge in [-0.05, 0) is 26.8 Å². The summed E-state index contributed by atoms with van der Waals surface area (Å²) >= 11 is 0. The molecule has 0 saturated carbocycles. The van der Waals surface area contributed by atoms with Crippen molar-refractivity contribution in [2.45, 2.75) is 39.0 Å². The second-order valence-electron chi connectivity index (χ2n) is 5.88. The lowest BCUT2D eigenvalue weighted by atomic mass is 9.98. The molecule has 0 aliphatic rings. The van der Waals surface area contributed by atoms with Crippen LogP contribution in [0.4, 0.5) is 13.2 Å². The monoisotopic (exact) mass is 385 g/mol. The van der Waals surface area contributed by atoms with Crippen LogP contribution in [-0.2, 0) is 25.2 Å². The highest BCUT2D eigenvalue weighted by molar-refractivity contribution is 5.84. The van der Waals surface area contributed by atoms with Gasteiger partial charge in [0, 0.05) is 11.1 Å². The first-order valence-corrected chi connectivity index (χ1v) is 7.95. The van der Waals surface area contributed by atoms with Crippen LogP contribution in [0.1, 0.15) is 47.1 Å². The van der Waals surface area contributed by atoms with Crippen LogP contribution < -0.4 is 0 Å². The number of aryl methyl sites for hydroxylation is 2. The molecule has 27 heavy (non-hydrogen) atoms. The van der Waals surface area contributed by atoms with E-state index in [-0.39, 0.29) is 0 Å². The maximum absolute atomic E-state index is 13.3. The molecular weight excluding hydrogens is 367 g/mol. The Morgan fingerprint density at radius 2 is 1.78 bits per heavy atom. The van der Waals surface area contributed by atoms with E-state index in [2.05, 4.69) is 9.89 Å². The van der Waals surface area contributed by atoms with E-state index >= 15 is 0 Å². The Balaban J connectivity index is 2.40. The van der Waals surface area contributed by atoms with Crippen molar-refractivity contribution in [3.8, 4) is 0 Å². The van der Waals surface area contributed by atoms with Crippen LogP contribution >= 0.6 is 0 Å². The van der Waals surface area contributed by atoms with Gasteiger partial charge in [-0.1, -0.05) is 23.4 Å². The molecule has 2 rings (SSSR count). The summed E-state index contributed by atoms with van der Waals surface area (Å²) in [5.41, 5.74) is -0.690. The van der Waals surface area contributed by atoms with Gasteiger partial charge < -0.3 is 14.0 Å². The number of esters is 2. The van der Waals surface area contributed by atoms with E-state index in [4.69, 9.17) is 9.26 Å². The van der Waals surface area contributed by atoms with Crippen LogP contribution in [0, 0.1) is 13.8 Å². The Hall–Kier alpha value is -2.84. The Morgan fingerprint density at radius 1 is 1.15 bits per heavy atom. The molecule has 1 aromatic heterocycles. The molecule has 0 aliphatic carbocycles. The molecule has 146 valence electrons. The summed E-state index contributed by atoms with van der Waals surface area (Å²) in [5.74, 6) is -2.55. The number of benzene rings is 1. The van der Waals surface area contributed by atoms with E-state index in [1.165, 1.54) is 19.1 Å². The van der Waals surface area contributed by atoms with Gasteiger partial charge in [0.1, 0.15) is 5.76 Å². The summed E-state index contributed by atoms with van der Waals surface area (Å²) < 4.78 is 54.5. The van der Waals surface area contributed by atoms with Gasteiger partial charge in [-0.3, -0.25) is 4.79 Å². The van der Waals surface area contributed by atoms with Crippen LogP contribution in [0.5, 0.6) is 0 Å². The van der Waals surface area contributed by atoms with Crippen LogP contribution in [0.25, 0.3) is 0 Å². The molecule has 0 N–H and O–H groups in total. The van der Waals surface area contributed by atoms with Gasteiger partial charge in [-0.25, -0.2) is 4.79 Å². The highest BCUT2D eigenvalue weighted by Crippen LogP contribution is 2.37. The minimum absolute atomic E-state index is 0.377. The second kappa shape index (κ2) is 7.81. The molecule has 1 aromatic carbocycles. The molecule has 2 unspecified atom stereocenters. The predicted molar refractivity (Wildman–Crippen MR) is 86.7 cm³/mol. The normalized spacial score (nSPS) is 13.7. The Morgan fingerprint density at radius 3 is 2.30 bits per heavy atom. The van der Waals surface area contributed by atoms with Crippen molar-refractivity contribution in [2.75, 3.05) is 7.11 Å². The molecule has 9 heteroatoms. The summed E-state index contributed by atoms with van der Waals surface area (Å²) in [5, 5.41) is 3.73. The number of carbonyl (C=O) groups excluding carboxylic acids is 2. The molecule has 0 spiro atoms. The van der Waals surface area contributed by atoms with Crippen molar-refractivity contribution in [3.63, 3.8) is 0 Å². The molecule has 1 heterocycles. The van der Waals surface area contributed by atoms with Gasteiger partial charge in [-0.2, -0.15) is 13.2 Å². The first-order valence-electron chi connectivity index (χ1n) is 7.95. The molecular formula is C18H18F3NO5. The third-order valence-corrected chi connectivity index (χ3v) is 4.07. The zero-order chi connectivity index (χ0) is 20.4.